The van der Waals surface area contributed by atoms with Crippen molar-refractivity contribution in [2.24, 2.45) is 5.92 Å². The van der Waals surface area contributed by atoms with Crippen LogP contribution in [0.1, 0.15) is 6.92 Å². The molecule has 1 aliphatic rings. The fourth-order valence-corrected chi connectivity index (χ4v) is 1.20. The Hall–Kier alpha value is -0.890. The molecule has 0 N–H and O–H groups in total. The lowest BCUT2D eigenvalue weighted by Crippen LogP contribution is -2.33. The highest BCUT2D eigenvalue weighted by atomic mass is 16.5. The SMILES string of the molecule is COC1(C(C)C=O)C=CC=C1. The van der Waals surface area contributed by atoms with E-state index in [0.717, 1.165) is 6.29 Å². The van der Waals surface area contributed by atoms with Gasteiger partial charge >= 0.3 is 0 Å². The van der Waals surface area contributed by atoms with Gasteiger partial charge in [0, 0.05) is 13.0 Å². The van der Waals surface area contributed by atoms with Crippen LogP contribution in [0.5, 0.6) is 0 Å². The van der Waals surface area contributed by atoms with Crippen molar-refractivity contribution in [3.63, 3.8) is 0 Å². The molecule has 1 aliphatic carbocycles. The molecule has 1 unspecified atom stereocenters. The first-order valence-corrected chi connectivity index (χ1v) is 3.62. The van der Waals surface area contributed by atoms with Gasteiger partial charge in [-0.25, -0.2) is 0 Å². The third-order valence-electron chi connectivity index (χ3n) is 2.09. The molecule has 2 nitrogen and oxygen atoms in total. The Kier molecular flexibility index (Phi) is 2.25. The van der Waals surface area contributed by atoms with Crippen molar-refractivity contribution in [3.05, 3.63) is 24.3 Å². The van der Waals surface area contributed by atoms with Crippen LogP contribution in [0.15, 0.2) is 24.3 Å². The maximum atomic E-state index is 10.5. The van der Waals surface area contributed by atoms with Crippen LogP contribution in [0.25, 0.3) is 0 Å². The van der Waals surface area contributed by atoms with E-state index in [2.05, 4.69) is 0 Å². The smallest absolute Gasteiger partial charge is 0.126 e. The van der Waals surface area contributed by atoms with Crippen molar-refractivity contribution >= 4 is 6.29 Å². The van der Waals surface area contributed by atoms with E-state index in [1.807, 2.05) is 31.2 Å². The molecular weight excluding hydrogens is 140 g/mol. The number of hydrogen-bond acceptors (Lipinski definition) is 2. The summed E-state index contributed by atoms with van der Waals surface area (Å²) in [6.07, 6.45) is 8.48. The van der Waals surface area contributed by atoms with Gasteiger partial charge in [0.25, 0.3) is 0 Å². The van der Waals surface area contributed by atoms with E-state index in [1.165, 1.54) is 0 Å². The lowest BCUT2D eigenvalue weighted by molar-refractivity contribution is -0.115. The van der Waals surface area contributed by atoms with Gasteiger partial charge in [0.15, 0.2) is 0 Å². The molecule has 1 atom stereocenters. The Bertz CT molecular complexity index is 192. The van der Waals surface area contributed by atoms with E-state index in [0.29, 0.717) is 0 Å². The molecule has 1 rings (SSSR count). The van der Waals surface area contributed by atoms with Crippen molar-refractivity contribution in [1.82, 2.24) is 0 Å². The van der Waals surface area contributed by atoms with Gasteiger partial charge in [0.1, 0.15) is 11.9 Å². The lowest BCUT2D eigenvalue weighted by Gasteiger charge is -2.26. The third-order valence-corrected chi connectivity index (χ3v) is 2.09. The third kappa shape index (κ3) is 1.26. The first kappa shape index (κ1) is 8.21. The Morgan fingerprint density at radius 1 is 1.45 bits per heavy atom. The van der Waals surface area contributed by atoms with Crippen LogP contribution < -0.4 is 0 Å². The molecule has 0 radical (unpaired) electrons. The topological polar surface area (TPSA) is 26.3 Å². The zero-order valence-corrected chi connectivity index (χ0v) is 6.78. The molecule has 0 amide bonds. The molecular formula is C9H12O2. The summed E-state index contributed by atoms with van der Waals surface area (Å²) in [5, 5.41) is 0. The van der Waals surface area contributed by atoms with Crippen LogP contribution in [-0.4, -0.2) is 19.0 Å². The van der Waals surface area contributed by atoms with Crippen molar-refractivity contribution < 1.29 is 9.53 Å². The van der Waals surface area contributed by atoms with Crippen molar-refractivity contribution in [1.29, 1.82) is 0 Å². The fourth-order valence-electron chi connectivity index (χ4n) is 1.20. The predicted molar refractivity (Wildman–Crippen MR) is 43.2 cm³/mol. The summed E-state index contributed by atoms with van der Waals surface area (Å²) < 4.78 is 5.25. The quantitative estimate of drug-likeness (QED) is 0.570. The van der Waals surface area contributed by atoms with Crippen molar-refractivity contribution in [3.8, 4) is 0 Å². The molecule has 0 spiro atoms. The van der Waals surface area contributed by atoms with E-state index in [-0.39, 0.29) is 5.92 Å². The van der Waals surface area contributed by atoms with Crippen LogP contribution >= 0.6 is 0 Å². The number of aldehydes is 1. The van der Waals surface area contributed by atoms with E-state index in [9.17, 15) is 4.79 Å². The van der Waals surface area contributed by atoms with Crippen molar-refractivity contribution in [2.45, 2.75) is 12.5 Å². The van der Waals surface area contributed by atoms with Gasteiger partial charge in [-0.3, -0.25) is 0 Å². The highest BCUT2D eigenvalue weighted by Crippen LogP contribution is 2.27. The lowest BCUT2D eigenvalue weighted by atomic mass is 9.91. The first-order valence-electron chi connectivity index (χ1n) is 3.62. The number of carbonyl (C=O) groups excluding carboxylic acids is 1. The summed E-state index contributed by atoms with van der Waals surface area (Å²) in [5.74, 6) is -0.123. The Morgan fingerprint density at radius 2 is 2.00 bits per heavy atom. The monoisotopic (exact) mass is 152 g/mol. The van der Waals surface area contributed by atoms with Gasteiger partial charge in [-0.05, 0) is 12.2 Å². The molecule has 0 aromatic carbocycles. The van der Waals surface area contributed by atoms with Gasteiger partial charge in [0.05, 0.1) is 0 Å². The number of hydrogen-bond donors (Lipinski definition) is 0. The van der Waals surface area contributed by atoms with E-state index in [4.69, 9.17) is 4.74 Å². The Balaban J connectivity index is 2.84. The zero-order chi connectivity index (χ0) is 8.32. The number of carbonyl (C=O) groups is 1. The predicted octanol–water partition coefficient (Wildman–Crippen LogP) is 1.33. The standard InChI is InChI=1S/C9H12O2/c1-8(7-10)9(11-2)5-3-4-6-9/h3-8H,1-2H3. The highest BCUT2D eigenvalue weighted by Gasteiger charge is 2.32. The second-order valence-electron chi connectivity index (χ2n) is 2.70. The minimum absolute atomic E-state index is 0.123. The van der Waals surface area contributed by atoms with Crippen molar-refractivity contribution in [2.75, 3.05) is 7.11 Å². The van der Waals surface area contributed by atoms with Crippen LogP contribution in [0.4, 0.5) is 0 Å². The van der Waals surface area contributed by atoms with Gasteiger partial charge in [-0.15, -0.1) is 0 Å². The van der Waals surface area contributed by atoms with Gasteiger partial charge in [-0.1, -0.05) is 19.1 Å². The molecule has 0 aromatic rings. The first-order chi connectivity index (χ1) is 5.25. The molecule has 0 heterocycles. The molecule has 0 saturated carbocycles. The maximum absolute atomic E-state index is 10.5. The summed E-state index contributed by atoms with van der Waals surface area (Å²) in [6.45, 7) is 1.84. The average molecular weight is 152 g/mol. The highest BCUT2D eigenvalue weighted by molar-refractivity contribution is 5.58. The summed E-state index contributed by atoms with van der Waals surface area (Å²) in [4.78, 5) is 10.5. The van der Waals surface area contributed by atoms with Gasteiger partial charge in [-0.2, -0.15) is 0 Å². The Morgan fingerprint density at radius 3 is 2.36 bits per heavy atom. The molecule has 2 heteroatoms. The maximum Gasteiger partial charge on any atom is 0.126 e. The molecule has 0 aromatic heterocycles. The molecule has 0 bridgehead atoms. The summed E-state index contributed by atoms with van der Waals surface area (Å²) in [7, 11) is 1.61. The van der Waals surface area contributed by atoms with Crippen LogP contribution in [0, 0.1) is 5.92 Å². The van der Waals surface area contributed by atoms with Crippen LogP contribution in [0.2, 0.25) is 0 Å². The molecule has 0 saturated heterocycles. The van der Waals surface area contributed by atoms with Crippen LogP contribution in [-0.2, 0) is 9.53 Å². The van der Waals surface area contributed by atoms with Gasteiger partial charge < -0.3 is 9.53 Å². The number of ether oxygens (including phenoxy) is 1. The normalized spacial score (nSPS) is 22.0. The molecule has 60 valence electrons. The Labute approximate surface area is 66.5 Å². The fraction of sp³-hybridized carbons (Fsp3) is 0.444. The molecule has 0 fully saturated rings. The zero-order valence-electron chi connectivity index (χ0n) is 6.78. The second kappa shape index (κ2) is 3.01. The summed E-state index contributed by atoms with van der Waals surface area (Å²) in [6, 6.07) is 0. The summed E-state index contributed by atoms with van der Waals surface area (Å²) >= 11 is 0. The second-order valence-corrected chi connectivity index (χ2v) is 2.70. The van der Waals surface area contributed by atoms with Crippen LogP contribution in [0.3, 0.4) is 0 Å². The largest absolute Gasteiger partial charge is 0.369 e. The molecule has 0 aliphatic heterocycles. The molecule has 11 heavy (non-hydrogen) atoms. The van der Waals surface area contributed by atoms with E-state index in [1.54, 1.807) is 7.11 Å². The number of methoxy groups -OCH3 is 1. The van der Waals surface area contributed by atoms with Gasteiger partial charge in [0.2, 0.25) is 0 Å². The van der Waals surface area contributed by atoms with E-state index < -0.39 is 5.60 Å². The number of allylic oxidation sites excluding steroid dienone is 2. The average Bonchev–Trinajstić information content (AvgIpc) is 2.52. The minimum Gasteiger partial charge on any atom is -0.369 e. The summed E-state index contributed by atoms with van der Waals surface area (Å²) in [5.41, 5.74) is -0.484. The van der Waals surface area contributed by atoms with E-state index >= 15 is 0 Å². The number of rotatable bonds is 3. The minimum atomic E-state index is -0.484.